The van der Waals surface area contributed by atoms with Gasteiger partial charge in [-0.2, -0.15) is 5.26 Å². The summed E-state index contributed by atoms with van der Waals surface area (Å²) in [4.78, 5) is 3.94. The molecule has 0 fully saturated rings. The Morgan fingerprint density at radius 1 is 1.75 bits per heavy atom. The van der Waals surface area contributed by atoms with Crippen molar-refractivity contribution in [1.82, 2.24) is 4.98 Å². The van der Waals surface area contributed by atoms with Crippen LogP contribution in [0.3, 0.4) is 0 Å². The Labute approximate surface area is 79.6 Å². The summed E-state index contributed by atoms with van der Waals surface area (Å²) >= 11 is 3.28. The maximum Gasteiger partial charge on any atom is 0.163 e. The van der Waals surface area contributed by atoms with Gasteiger partial charge in [-0.1, -0.05) is 0 Å². The van der Waals surface area contributed by atoms with Gasteiger partial charge < -0.3 is 5.32 Å². The van der Waals surface area contributed by atoms with E-state index in [1.54, 1.807) is 6.20 Å². The molecule has 0 aliphatic rings. The third-order valence-electron chi connectivity index (χ3n) is 1.33. The number of hydrogen-bond acceptors (Lipinski definition) is 3. The maximum absolute atomic E-state index is 8.67. The Kier molecular flexibility index (Phi) is 3.06. The summed E-state index contributed by atoms with van der Waals surface area (Å²) in [5.41, 5.74) is 1.20. The number of halogens is 1. The van der Waals surface area contributed by atoms with Gasteiger partial charge in [-0.05, 0) is 28.9 Å². The lowest BCUT2D eigenvalue weighted by atomic mass is 10.3. The number of anilines is 1. The summed E-state index contributed by atoms with van der Waals surface area (Å²) in [5, 5.41) is 11.7. The molecule has 4 heteroatoms. The van der Waals surface area contributed by atoms with Gasteiger partial charge in [0, 0.05) is 17.2 Å². The molecule has 1 aromatic rings. The molecule has 1 rings (SSSR count). The molecule has 0 radical (unpaired) electrons. The van der Waals surface area contributed by atoms with Crippen LogP contribution in [0.25, 0.3) is 0 Å². The average molecular weight is 226 g/mol. The SMILES string of the molecule is CCNc1cc(Br)cnc1C#N. The molecular formula is C8H8BrN3. The summed E-state index contributed by atoms with van der Waals surface area (Å²) < 4.78 is 0.873. The van der Waals surface area contributed by atoms with E-state index in [4.69, 9.17) is 5.26 Å². The number of nitrogens with zero attached hydrogens (tertiary/aromatic N) is 2. The number of nitriles is 1. The van der Waals surface area contributed by atoms with Gasteiger partial charge in [-0.3, -0.25) is 0 Å². The number of aromatic nitrogens is 1. The minimum absolute atomic E-state index is 0.431. The fourth-order valence-corrected chi connectivity index (χ4v) is 1.18. The van der Waals surface area contributed by atoms with Crippen LogP contribution >= 0.6 is 15.9 Å². The highest BCUT2D eigenvalue weighted by Gasteiger charge is 2.01. The zero-order valence-electron chi connectivity index (χ0n) is 6.63. The standard InChI is InChI=1S/C8H8BrN3/c1-2-11-7-3-6(9)5-12-8(7)4-10/h3,5,11H,2H2,1H3. The fraction of sp³-hybridized carbons (Fsp3) is 0.250. The largest absolute Gasteiger partial charge is 0.383 e. The topological polar surface area (TPSA) is 48.7 Å². The monoisotopic (exact) mass is 225 g/mol. The average Bonchev–Trinajstić information content (AvgIpc) is 2.05. The van der Waals surface area contributed by atoms with E-state index in [9.17, 15) is 0 Å². The van der Waals surface area contributed by atoms with Crippen molar-refractivity contribution < 1.29 is 0 Å². The van der Waals surface area contributed by atoms with Crippen LogP contribution in [0.2, 0.25) is 0 Å². The Morgan fingerprint density at radius 2 is 2.50 bits per heavy atom. The second kappa shape index (κ2) is 4.07. The van der Waals surface area contributed by atoms with Crippen molar-refractivity contribution in [3.05, 3.63) is 22.4 Å². The molecule has 3 nitrogen and oxygen atoms in total. The zero-order valence-corrected chi connectivity index (χ0v) is 8.22. The summed E-state index contributed by atoms with van der Waals surface area (Å²) in [6.07, 6.45) is 1.61. The first kappa shape index (κ1) is 9.01. The molecule has 1 heterocycles. The molecule has 62 valence electrons. The van der Waals surface area contributed by atoms with Crippen molar-refractivity contribution in [1.29, 1.82) is 5.26 Å². The summed E-state index contributed by atoms with van der Waals surface area (Å²) in [7, 11) is 0. The molecular weight excluding hydrogens is 218 g/mol. The summed E-state index contributed by atoms with van der Waals surface area (Å²) in [6.45, 7) is 2.76. The van der Waals surface area contributed by atoms with Crippen LogP contribution in [0.4, 0.5) is 5.69 Å². The molecule has 0 spiro atoms. The second-order valence-electron chi connectivity index (χ2n) is 2.19. The van der Waals surface area contributed by atoms with Gasteiger partial charge in [-0.25, -0.2) is 4.98 Å². The predicted molar refractivity (Wildman–Crippen MR) is 50.8 cm³/mol. The van der Waals surface area contributed by atoms with E-state index in [1.165, 1.54) is 0 Å². The van der Waals surface area contributed by atoms with Crippen molar-refractivity contribution in [2.45, 2.75) is 6.92 Å². The van der Waals surface area contributed by atoms with E-state index in [2.05, 4.69) is 26.2 Å². The Balaban J connectivity index is 3.06. The molecule has 0 atom stereocenters. The highest BCUT2D eigenvalue weighted by atomic mass is 79.9. The Hall–Kier alpha value is -1.08. The highest BCUT2D eigenvalue weighted by Crippen LogP contribution is 2.17. The first-order chi connectivity index (χ1) is 5.77. The van der Waals surface area contributed by atoms with Crippen molar-refractivity contribution >= 4 is 21.6 Å². The zero-order chi connectivity index (χ0) is 8.97. The van der Waals surface area contributed by atoms with E-state index in [0.717, 1.165) is 16.7 Å². The van der Waals surface area contributed by atoms with Gasteiger partial charge in [0.2, 0.25) is 0 Å². The smallest absolute Gasteiger partial charge is 0.163 e. The molecule has 0 unspecified atom stereocenters. The number of pyridine rings is 1. The third kappa shape index (κ3) is 1.95. The number of nitrogens with one attached hydrogen (secondary N) is 1. The van der Waals surface area contributed by atoms with Crippen LogP contribution in [0, 0.1) is 11.3 Å². The summed E-state index contributed by atoms with van der Waals surface area (Å²) in [6, 6.07) is 3.86. The molecule has 0 amide bonds. The fourth-order valence-electron chi connectivity index (χ4n) is 0.854. The maximum atomic E-state index is 8.67. The molecule has 0 aromatic carbocycles. The molecule has 0 saturated heterocycles. The van der Waals surface area contributed by atoms with Crippen molar-refractivity contribution in [2.75, 3.05) is 11.9 Å². The molecule has 0 bridgehead atoms. The minimum atomic E-state index is 0.431. The van der Waals surface area contributed by atoms with E-state index in [0.29, 0.717) is 5.69 Å². The minimum Gasteiger partial charge on any atom is -0.383 e. The van der Waals surface area contributed by atoms with Gasteiger partial charge in [0.05, 0.1) is 5.69 Å². The van der Waals surface area contributed by atoms with E-state index < -0.39 is 0 Å². The van der Waals surface area contributed by atoms with Crippen LogP contribution < -0.4 is 5.32 Å². The lowest BCUT2D eigenvalue weighted by Gasteiger charge is -2.03. The van der Waals surface area contributed by atoms with Gasteiger partial charge in [0.25, 0.3) is 0 Å². The van der Waals surface area contributed by atoms with Gasteiger partial charge in [0.1, 0.15) is 6.07 Å². The van der Waals surface area contributed by atoms with Crippen LogP contribution in [0.1, 0.15) is 12.6 Å². The molecule has 12 heavy (non-hydrogen) atoms. The molecule has 1 aromatic heterocycles. The number of rotatable bonds is 2. The molecule has 0 aliphatic heterocycles. The second-order valence-corrected chi connectivity index (χ2v) is 3.11. The first-order valence-electron chi connectivity index (χ1n) is 3.57. The Morgan fingerprint density at radius 3 is 3.08 bits per heavy atom. The first-order valence-corrected chi connectivity index (χ1v) is 4.36. The lowest BCUT2D eigenvalue weighted by Crippen LogP contribution is -2.00. The normalized spacial score (nSPS) is 9.08. The third-order valence-corrected chi connectivity index (χ3v) is 1.76. The van der Waals surface area contributed by atoms with Gasteiger partial charge in [0.15, 0.2) is 5.69 Å². The van der Waals surface area contributed by atoms with Crippen LogP contribution in [-0.2, 0) is 0 Å². The Bertz CT molecular complexity index is 317. The number of hydrogen-bond donors (Lipinski definition) is 1. The quantitative estimate of drug-likeness (QED) is 0.840. The van der Waals surface area contributed by atoms with Gasteiger partial charge >= 0.3 is 0 Å². The van der Waals surface area contributed by atoms with Crippen molar-refractivity contribution in [3.63, 3.8) is 0 Å². The highest BCUT2D eigenvalue weighted by molar-refractivity contribution is 9.10. The summed E-state index contributed by atoms with van der Waals surface area (Å²) in [5.74, 6) is 0. The lowest BCUT2D eigenvalue weighted by molar-refractivity contribution is 1.17. The van der Waals surface area contributed by atoms with Crippen molar-refractivity contribution in [2.24, 2.45) is 0 Å². The van der Waals surface area contributed by atoms with Crippen LogP contribution in [0.5, 0.6) is 0 Å². The predicted octanol–water partition coefficient (Wildman–Crippen LogP) is 2.15. The molecule has 0 saturated carbocycles. The molecule has 1 N–H and O–H groups in total. The van der Waals surface area contributed by atoms with Crippen LogP contribution in [0.15, 0.2) is 16.7 Å². The van der Waals surface area contributed by atoms with Gasteiger partial charge in [-0.15, -0.1) is 0 Å². The van der Waals surface area contributed by atoms with E-state index in [1.807, 2.05) is 19.1 Å². The van der Waals surface area contributed by atoms with Crippen LogP contribution in [-0.4, -0.2) is 11.5 Å². The molecule has 0 aliphatic carbocycles. The van der Waals surface area contributed by atoms with E-state index >= 15 is 0 Å². The van der Waals surface area contributed by atoms with E-state index in [-0.39, 0.29) is 0 Å². The van der Waals surface area contributed by atoms with Crippen molar-refractivity contribution in [3.8, 4) is 6.07 Å².